The van der Waals surface area contributed by atoms with Crippen LogP contribution in [-0.4, -0.2) is 58.6 Å². The molecular formula is C28H30N8O2. The van der Waals surface area contributed by atoms with Crippen molar-refractivity contribution in [1.29, 1.82) is 0 Å². The Hall–Kier alpha value is -4.05. The van der Waals surface area contributed by atoms with Gasteiger partial charge in [-0.3, -0.25) is 4.90 Å². The van der Waals surface area contributed by atoms with Gasteiger partial charge >= 0.3 is 6.09 Å². The van der Waals surface area contributed by atoms with E-state index in [-0.39, 0.29) is 6.04 Å². The van der Waals surface area contributed by atoms with Gasteiger partial charge < -0.3 is 20.4 Å². The van der Waals surface area contributed by atoms with Crippen LogP contribution < -0.4 is 5.32 Å². The zero-order valence-electron chi connectivity index (χ0n) is 21.0. The lowest BCUT2D eigenvalue weighted by molar-refractivity contribution is 0.104. The molecule has 3 fully saturated rings. The number of hydrogen-bond acceptors (Lipinski definition) is 6. The van der Waals surface area contributed by atoms with Crippen molar-refractivity contribution < 1.29 is 9.90 Å². The standard InChI is InChI=1S/C28H30N8O2/c37-28(38)36-10-2-1-3-23(36)26-31-14-21(34-26)16-4-6-17(7-5-16)25-29-12-19(13-30-25)22-15-32-27(35-22)24-18-8-9-20(11-18)33-24/h4-7,12-15,18,20,23-24,33H,1-3,8-11H2,(H,31,34)(H,32,35)(H,37,38)/t18-,20+,23?,24?/m0/s1. The molecule has 1 saturated carbocycles. The van der Waals surface area contributed by atoms with Gasteiger partial charge in [-0.1, -0.05) is 24.3 Å². The van der Waals surface area contributed by atoms with E-state index in [0.717, 1.165) is 53.2 Å². The van der Waals surface area contributed by atoms with E-state index in [1.54, 1.807) is 6.20 Å². The van der Waals surface area contributed by atoms with Crippen molar-refractivity contribution in [2.45, 2.75) is 56.7 Å². The van der Waals surface area contributed by atoms with Crippen LogP contribution in [-0.2, 0) is 0 Å². The molecule has 194 valence electrons. The molecule has 4 N–H and O–H groups in total. The molecule has 2 aliphatic heterocycles. The van der Waals surface area contributed by atoms with Crippen LogP contribution in [0.1, 0.15) is 62.3 Å². The average molecular weight is 511 g/mol. The molecular weight excluding hydrogens is 480 g/mol. The minimum Gasteiger partial charge on any atom is -0.465 e. The number of carboxylic acid groups (broad SMARTS) is 1. The highest BCUT2D eigenvalue weighted by atomic mass is 16.4. The van der Waals surface area contributed by atoms with Crippen LogP contribution in [0.2, 0.25) is 0 Å². The summed E-state index contributed by atoms with van der Waals surface area (Å²) in [5, 5.41) is 13.2. The monoisotopic (exact) mass is 510 g/mol. The number of hydrogen-bond donors (Lipinski definition) is 4. The molecule has 10 nitrogen and oxygen atoms in total. The third kappa shape index (κ3) is 4.14. The summed E-state index contributed by atoms with van der Waals surface area (Å²) < 4.78 is 0. The lowest BCUT2D eigenvalue weighted by Crippen LogP contribution is -2.37. The van der Waals surface area contributed by atoms with E-state index < -0.39 is 6.09 Å². The highest BCUT2D eigenvalue weighted by Gasteiger charge is 2.41. The van der Waals surface area contributed by atoms with Gasteiger partial charge in [0.2, 0.25) is 0 Å². The number of aromatic nitrogens is 6. The third-order valence-electron chi connectivity index (χ3n) is 8.33. The van der Waals surface area contributed by atoms with Crippen LogP contribution in [0.25, 0.3) is 33.9 Å². The maximum atomic E-state index is 11.6. The van der Waals surface area contributed by atoms with E-state index in [9.17, 15) is 9.90 Å². The summed E-state index contributed by atoms with van der Waals surface area (Å²) in [6, 6.07) is 8.73. The van der Waals surface area contributed by atoms with Gasteiger partial charge in [0, 0.05) is 36.1 Å². The molecule has 2 unspecified atom stereocenters. The molecule has 38 heavy (non-hydrogen) atoms. The summed E-state index contributed by atoms with van der Waals surface area (Å²) >= 11 is 0. The maximum Gasteiger partial charge on any atom is 0.407 e. The van der Waals surface area contributed by atoms with E-state index in [2.05, 4.69) is 35.2 Å². The smallest absolute Gasteiger partial charge is 0.407 e. The first kappa shape index (κ1) is 23.1. The number of rotatable bonds is 5. The van der Waals surface area contributed by atoms with Crippen molar-refractivity contribution in [3.8, 4) is 33.9 Å². The predicted octanol–water partition coefficient (Wildman–Crippen LogP) is 4.94. The number of imidazole rings is 2. The fourth-order valence-electron chi connectivity index (χ4n) is 6.32. The van der Waals surface area contributed by atoms with Crippen LogP contribution in [0.5, 0.6) is 0 Å². The molecule has 1 aromatic carbocycles. The van der Waals surface area contributed by atoms with E-state index in [1.165, 1.54) is 24.2 Å². The highest BCUT2D eigenvalue weighted by molar-refractivity contribution is 5.67. The number of piperidine rings is 2. The number of likely N-dealkylation sites (tertiary alicyclic amines) is 1. The van der Waals surface area contributed by atoms with Crippen LogP contribution in [0.3, 0.4) is 0 Å². The second kappa shape index (κ2) is 9.36. The SMILES string of the molecule is O=C(O)N1CCCCC1c1ncc(-c2ccc(-c3ncc(-c4cnc(C5N[C@@H]6CC[C@H]5C6)[nH]4)cn3)cc2)[nH]1. The summed E-state index contributed by atoms with van der Waals surface area (Å²) in [5.74, 6) is 3.04. The first-order chi connectivity index (χ1) is 18.6. The fraction of sp³-hybridized carbons (Fsp3) is 0.393. The van der Waals surface area contributed by atoms with Crippen LogP contribution in [0, 0.1) is 5.92 Å². The summed E-state index contributed by atoms with van der Waals surface area (Å²) in [5.41, 5.74) is 4.59. The van der Waals surface area contributed by atoms with Crippen molar-refractivity contribution in [1.82, 2.24) is 40.1 Å². The van der Waals surface area contributed by atoms with Gasteiger partial charge in [-0.15, -0.1) is 0 Å². The maximum absolute atomic E-state index is 11.6. The molecule has 1 aliphatic carbocycles. The van der Waals surface area contributed by atoms with Gasteiger partial charge in [-0.25, -0.2) is 24.7 Å². The predicted molar refractivity (Wildman–Crippen MR) is 141 cm³/mol. The number of amides is 1. The molecule has 0 radical (unpaired) electrons. The topological polar surface area (TPSA) is 136 Å². The fourth-order valence-corrected chi connectivity index (χ4v) is 6.32. The molecule has 1 amide bonds. The molecule has 0 spiro atoms. The van der Waals surface area contributed by atoms with Gasteiger partial charge in [-0.2, -0.15) is 0 Å². The second-order valence-corrected chi connectivity index (χ2v) is 10.6. The molecule has 2 saturated heterocycles. The lowest BCUT2D eigenvalue weighted by atomic mass is 10.00. The normalized spacial score (nSPS) is 24.7. The molecule has 10 heteroatoms. The first-order valence-electron chi connectivity index (χ1n) is 13.4. The van der Waals surface area contributed by atoms with Crippen molar-refractivity contribution in [2.24, 2.45) is 5.92 Å². The Labute approximate surface area is 220 Å². The number of nitrogens with zero attached hydrogens (tertiary/aromatic N) is 5. The third-order valence-corrected chi connectivity index (χ3v) is 8.33. The summed E-state index contributed by atoms with van der Waals surface area (Å²) in [7, 11) is 0. The minimum absolute atomic E-state index is 0.225. The molecule has 7 rings (SSSR count). The number of H-pyrrole nitrogens is 2. The van der Waals surface area contributed by atoms with E-state index in [4.69, 9.17) is 0 Å². The van der Waals surface area contributed by atoms with Gasteiger partial charge in [0.1, 0.15) is 11.6 Å². The molecule has 4 aromatic rings. The molecule has 3 aromatic heterocycles. The first-order valence-corrected chi connectivity index (χ1v) is 13.4. The Balaban J connectivity index is 1.05. The summed E-state index contributed by atoms with van der Waals surface area (Å²) in [6.07, 6.45) is 12.9. The number of nitrogens with one attached hydrogen (secondary N) is 3. The van der Waals surface area contributed by atoms with Crippen molar-refractivity contribution in [2.75, 3.05) is 6.54 Å². The zero-order valence-corrected chi connectivity index (χ0v) is 21.0. The second-order valence-electron chi connectivity index (χ2n) is 10.6. The molecule has 4 atom stereocenters. The Kier molecular flexibility index (Phi) is 5.69. The van der Waals surface area contributed by atoms with Crippen molar-refractivity contribution >= 4 is 6.09 Å². The number of aromatic amines is 2. The van der Waals surface area contributed by atoms with E-state index in [0.29, 0.717) is 36.2 Å². The highest BCUT2D eigenvalue weighted by Crippen LogP contribution is 2.42. The summed E-state index contributed by atoms with van der Waals surface area (Å²) in [6.45, 7) is 0.545. The Morgan fingerprint density at radius 3 is 2.24 bits per heavy atom. The number of fused-ring (bicyclic) bond motifs is 2. The largest absolute Gasteiger partial charge is 0.465 e. The summed E-state index contributed by atoms with van der Waals surface area (Å²) in [4.78, 5) is 38.3. The van der Waals surface area contributed by atoms with Gasteiger partial charge in [0.25, 0.3) is 0 Å². The molecule has 3 aliphatic rings. The quantitative estimate of drug-likeness (QED) is 0.298. The Bertz CT molecular complexity index is 1440. The molecule has 2 bridgehead atoms. The molecule has 5 heterocycles. The average Bonchev–Trinajstić information content (AvgIpc) is 3.78. The van der Waals surface area contributed by atoms with E-state index >= 15 is 0 Å². The Morgan fingerprint density at radius 1 is 0.816 bits per heavy atom. The van der Waals surface area contributed by atoms with Gasteiger partial charge in [0.05, 0.1) is 35.9 Å². The van der Waals surface area contributed by atoms with Crippen LogP contribution in [0.4, 0.5) is 4.79 Å². The number of benzene rings is 1. The zero-order chi connectivity index (χ0) is 25.6. The van der Waals surface area contributed by atoms with Crippen molar-refractivity contribution in [3.63, 3.8) is 0 Å². The minimum atomic E-state index is -0.895. The van der Waals surface area contributed by atoms with Crippen LogP contribution >= 0.6 is 0 Å². The van der Waals surface area contributed by atoms with Crippen LogP contribution in [0.15, 0.2) is 49.1 Å². The number of carbonyl (C=O) groups is 1. The van der Waals surface area contributed by atoms with Gasteiger partial charge in [0.15, 0.2) is 5.82 Å². The Morgan fingerprint density at radius 2 is 1.53 bits per heavy atom. The lowest BCUT2D eigenvalue weighted by Gasteiger charge is -2.32. The van der Waals surface area contributed by atoms with Crippen molar-refractivity contribution in [3.05, 3.63) is 60.7 Å². The van der Waals surface area contributed by atoms with Gasteiger partial charge in [-0.05, 0) is 50.0 Å². The van der Waals surface area contributed by atoms with E-state index in [1.807, 2.05) is 42.9 Å².